The molecule has 0 saturated carbocycles. The second-order valence-corrected chi connectivity index (χ2v) is 6.45. The minimum atomic E-state index is -1.11. The molecule has 3 aromatic rings. The molecule has 3 aromatic carbocycles. The van der Waals surface area contributed by atoms with Crippen LogP contribution >= 0.6 is 0 Å². The summed E-state index contributed by atoms with van der Waals surface area (Å²) in [5.74, 6) is -7.16. The molecule has 0 aliphatic carbocycles. The predicted molar refractivity (Wildman–Crippen MR) is 106 cm³/mol. The third-order valence-electron chi connectivity index (χ3n) is 4.52. The van der Waals surface area contributed by atoms with E-state index < -0.39 is 57.0 Å². The van der Waals surface area contributed by atoms with E-state index in [9.17, 15) is 40.9 Å². The van der Waals surface area contributed by atoms with Crippen molar-refractivity contribution in [3.8, 4) is 68.2 Å². The van der Waals surface area contributed by atoms with Crippen LogP contribution in [0.15, 0.2) is 18.2 Å². The van der Waals surface area contributed by atoms with Crippen molar-refractivity contribution in [2.75, 3.05) is 0 Å². The highest BCUT2D eigenvalue weighted by molar-refractivity contribution is 6.51. The van der Waals surface area contributed by atoms with Crippen LogP contribution in [0.25, 0.3) is 22.3 Å². The Morgan fingerprint density at radius 1 is 0.483 bits per heavy atom. The SMILES string of the molecule is [B]c1c([B])c(O)c(-c2cc(C)cc(-c3c(O)c(O)c(O)c(O)c3O)c2)c(O)c1O. The Bertz CT molecular complexity index is 1030. The maximum atomic E-state index is 10.3. The molecule has 29 heavy (non-hydrogen) atoms. The molecular formula is C19H14B2O8. The molecule has 10 heteroatoms. The Morgan fingerprint density at radius 3 is 1.31 bits per heavy atom. The first kappa shape index (κ1) is 19.9. The van der Waals surface area contributed by atoms with E-state index in [1.165, 1.54) is 18.2 Å². The molecular weight excluding hydrogens is 378 g/mol. The van der Waals surface area contributed by atoms with E-state index in [4.69, 9.17) is 15.7 Å². The van der Waals surface area contributed by atoms with E-state index in [1.54, 1.807) is 6.92 Å². The van der Waals surface area contributed by atoms with E-state index >= 15 is 0 Å². The summed E-state index contributed by atoms with van der Waals surface area (Å²) in [4.78, 5) is 0. The minimum absolute atomic E-state index is 0.0364. The summed E-state index contributed by atoms with van der Waals surface area (Å²) in [6.45, 7) is 1.61. The van der Waals surface area contributed by atoms with Crippen LogP contribution in [-0.4, -0.2) is 56.5 Å². The summed E-state index contributed by atoms with van der Waals surface area (Å²) >= 11 is 0. The lowest BCUT2D eigenvalue weighted by atomic mass is 9.76. The Balaban J connectivity index is 2.37. The first-order valence-electron chi connectivity index (χ1n) is 8.10. The fraction of sp³-hybridized carbons (Fsp3) is 0.0526. The molecule has 0 spiro atoms. The quantitative estimate of drug-likeness (QED) is 0.178. The summed E-state index contributed by atoms with van der Waals surface area (Å²) in [5.41, 5.74) is -0.849. The summed E-state index contributed by atoms with van der Waals surface area (Å²) in [7, 11) is 11.2. The minimum Gasteiger partial charge on any atom is -0.508 e. The van der Waals surface area contributed by atoms with Gasteiger partial charge >= 0.3 is 0 Å². The van der Waals surface area contributed by atoms with E-state index in [0.717, 1.165) is 0 Å². The largest absolute Gasteiger partial charge is 0.508 e. The van der Waals surface area contributed by atoms with Crippen LogP contribution in [0.4, 0.5) is 0 Å². The van der Waals surface area contributed by atoms with Gasteiger partial charge in [0.05, 0.1) is 11.1 Å². The molecule has 0 amide bonds. The lowest BCUT2D eigenvalue weighted by molar-refractivity contribution is 0.330. The second-order valence-electron chi connectivity index (χ2n) is 6.45. The Morgan fingerprint density at radius 2 is 0.828 bits per heavy atom. The van der Waals surface area contributed by atoms with Gasteiger partial charge in [-0.15, -0.1) is 0 Å². The Hall–Kier alpha value is -3.81. The summed E-state index contributed by atoms with van der Waals surface area (Å²) < 4.78 is 0. The van der Waals surface area contributed by atoms with Crippen molar-refractivity contribution in [1.82, 2.24) is 0 Å². The molecule has 0 heterocycles. The topological polar surface area (TPSA) is 162 Å². The maximum absolute atomic E-state index is 10.3. The van der Waals surface area contributed by atoms with Gasteiger partial charge < -0.3 is 40.9 Å². The van der Waals surface area contributed by atoms with Crippen molar-refractivity contribution in [2.24, 2.45) is 0 Å². The maximum Gasteiger partial charge on any atom is 0.208 e. The standard InChI is InChI=1S/C19H14B2O8/c1-5-2-6(8-12(22)10(20)11(21)16(26)13(8)23)4-7(3-5)9-14(24)17(27)19(29)18(28)15(9)25/h2-4,22-29H,1H3. The van der Waals surface area contributed by atoms with Crippen molar-refractivity contribution in [1.29, 1.82) is 0 Å². The first-order chi connectivity index (χ1) is 13.5. The van der Waals surface area contributed by atoms with Gasteiger partial charge in [-0.3, -0.25) is 0 Å². The molecule has 0 atom stereocenters. The monoisotopic (exact) mass is 392 g/mol. The zero-order chi connectivity index (χ0) is 21.8. The smallest absolute Gasteiger partial charge is 0.208 e. The average Bonchev–Trinajstić information content (AvgIpc) is 2.67. The van der Waals surface area contributed by atoms with Crippen LogP contribution in [0.3, 0.4) is 0 Å². The fourth-order valence-corrected chi connectivity index (χ4v) is 3.05. The Labute approximate surface area is 167 Å². The van der Waals surface area contributed by atoms with Gasteiger partial charge in [0.25, 0.3) is 0 Å². The normalized spacial score (nSPS) is 10.9. The molecule has 0 saturated heterocycles. The van der Waals surface area contributed by atoms with Gasteiger partial charge in [-0.1, -0.05) is 23.1 Å². The number of hydrogen-bond acceptors (Lipinski definition) is 8. The lowest BCUT2D eigenvalue weighted by Gasteiger charge is -2.18. The predicted octanol–water partition coefficient (Wildman–Crippen LogP) is 0.561. The van der Waals surface area contributed by atoms with Crippen LogP contribution in [0.1, 0.15) is 5.56 Å². The van der Waals surface area contributed by atoms with Crippen molar-refractivity contribution in [3.05, 3.63) is 23.8 Å². The van der Waals surface area contributed by atoms with E-state index in [0.29, 0.717) is 5.56 Å². The summed E-state index contributed by atoms with van der Waals surface area (Å²) in [6, 6.07) is 4.20. The number of phenolic OH excluding ortho intramolecular Hbond substituents is 8. The van der Waals surface area contributed by atoms with Gasteiger partial charge in [0.2, 0.25) is 17.2 Å². The molecule has 0 aromatic heterocycles. The molecule has 4 radical (unpaired) electrons. The zero-order valence-electron chi connectivity index (χ0n) is 15.0. The highest BCUT2D eigenvalue weighted by atomic mass is 16.4. The molecule has 0 aliphatic rings. The number of hydrogen-bond donors (Lipinski definition) is 8. The average molecular weight is 392 g/mol. The molecule has 0 bridgehead atoms. The highest BCUT2D eigenvalue weighted by Gasteiger charge is 2.26. The summed E-state index contributed by atoms with van der Waals surface area (Å²) in [6.07, 6.45) is 0. The number of aromatic hydroxyl groups is 8. The Kier molecular flexibility index (Phi) is 4.58. The molecule has 0 unspecified atom stereocenters. The van der Waals surface area contributed by atoms with Gasteiger partial charge in [-0.25, -0.2) is 0 Å². The number of phenols is 8. The number of aryl methyl sites for hydroxylation is 1. The zero-order valence-corrected chi connectivity index (χ0v) is 15.0. The molecule has 144 valence electrons. The molecule has 0 fully saturated rings. The molecule has 0 aliphatic heterocycles. The van der Waals surface area contributed by atoms with Gasteiger partial charge in [-0.05, 0) is 29.7 Å². The first-order valence-corrected chi connectivity index (χ1v) is 8.10. The van der Waals surface area contributed by atoms with Crippen molar-refractivity contribution < 1.29 is 40.9 Å². The van der Waals surface area contributed by atoms with E-state index in [-0.39, 0.29) is 22.2 Å². The van der Waals surface area contributed by atoms with Crippen molar-refractivity contribution in [3.63, 3.8) is 0 Å². The third kappa shape index (κ3) is 2.89. The fourth-order valence-electron chi connectivity index (χ4n) is 3.05. The van der Waals surface area contributed by atoms with Gasteiger partial charge in [0.1, 0.15) is 21.4 Å². The van der Waals surface area contributed by atoms with Gasteiger partial charge in [0, 0.05) is 0 Å². The molecule has 8 nitrogen and oxygen atoms in total. The number of rotatable bonds is 2. The lowest BCUT2D eigenvalue weighted by Crippen LogP contribution is -2.26. The van der Waals surface area contributed by atoms with E-state index in [2.05, 4.69) is 0 Å². The van der Waals surface area contributed by atoms with Gasteiger partial charge in [0.15, 0.2) is 23.0 Å². The molecule has 8 N–H and O–H groups in total. The summed E-state index contributed by atoms with van der Waals surface area (Å²) in [5, 5.41) is 80.0. The molecule has 3 rings (SSSR count). The third-order valence-corrected chi connectivity index (χ3v) is 4.52. The highest BCUT2D eigenvalue weighted by Crippen LogP contribution is 2.55. The van der Waals surface area contributed by atoms with Crippen LogP contribution in [-0.2, 0) is 0 Å². The second kappa shape index (κ2) is 6.66. The van der Waals surface area contributed by atoms with Crippen LogP contribution in [0, 0.1) is 6.92 Å². The van der Waals surface area contributed by atoms with Crippen LogP contribution in [0.5, 0.6) is 46.0 Å². The number of benzene rings is 3. The van der Waals surface area contributed by atoms with Crippen LogP contribution < -0.4 is 10.9 Å². The van der Waals surface area contributed by atoms with E-state index in [1.807, 2.05) is 0 Å². The van der Waals surface area contributed by atoms with Gasteiger partial charge in [-0.2, -0.15) is 0 Å². The van der Waals surface area contributed by atoms with Crippen LogP contribution in [0.2, 0.25) is 0 Å². The van der Waals surface area contributed by atoms with Crippen molar-refractivity contribution >= 4 is 26.6 Å². The van der Waals surface area contributed by atoms with Crippen molar-refractivity contribution in [2.45, 2.75) is 6.92 Å².